The molecule has 1 heterocycles. The third-order valence-electron chi connectivity index (χ3n) is 3.55. The molecular weight excluding hydrogens is 398 g/mol. The van der Waals surface area contributed by atoms with Gasteiger partial charge in [0, 0.05) is 16.6 Å². The molecule has 24 heavy (non-hydrogen) atoms. The van der Waals surface area contributed by atoms with Gasteiger partial charge in [0.15, 0.2) is 15.9 Å². The lowest BCUT2D eigenvalue weighted by Gasteiger charge is -2.15. The number of esters is 1. The minimum absolute atomic E-state index is 0.0681. The predicted molar refractivity (Wildman–Crippen MR) is 93.9 cm³/mol. The highest BCUT2D eigenvalue weighted by molar-refractivity contribution is 9.10. The van der Waals surface area contributed by atoms with E-state index in [1.165, 1.54) is 13.0 Å². The summed E-state index contributed by atoms with van der Waals surface area (Å²) in [4.78, 5) is 23.7. The fourth-order valence-electron chi connectivity index (χ4n) is 2.26. The Kier molecular flexibility index (Phi) is 6.17. The number of amides is 1. The zero-order valence-corrected chi connectivity index (χ0v) is 15.5. The molecule has 1 aromatic rings. The SMILES string of the molecule is C[C@@H](OC(=O)/C=C/c1ccccc1Br)C(=O)N[C@@H]1CCS(=O)(=O)C1. The van der Waals surface area contributed by atoms with Gasteiger partial charge in [-0.2, -0.15) is 0 Å². The number of carbonyl (C=O) groups excluding carboxylic acids is 2. The molecule has 1 aromatic carbocycles. The van der Waals surface area contributed by atoms with Gasteiger partial charge in [0.1, 0.15) is 0 Å². The van der Waals surface area contributed by atoms with Gasteiger partial charge in [-0.15, -0.1) is 0 Å². The molecule has 0 bridgehead atoms. The molecule has 1 fully saturated rings. The Morgan fingerprint density at radius 3 is 2.71 bits per heavy atom. The fourth-order valence-corrected chi connectivity index (χ4v) is 4.35. The van der Waals surface area contributed by atoms with E-state index in [4.69, 9.17) is 4.74 Å². The first-order valence-electron chi connectivity index (χ1n) is 7.41. The first-order chi connectivity index (χ1) is 11.3. The maximum absolute atomic E-state index is 12.0. The molecule has 1 N–H and O–H groups in total. The summed E-state index contributed by atoms with van der Waals surface area (Å²) in [5.74, 6) is -1.14. The molecule has 0 saturated carbocycles. The van der Waals surface area contributed by atoms with Crippen LogP contribution in [0.15, 0.2) is 34.8 Å². The summed E-state index contributed by atoms with van der Waals surface area (Å²) in [6.45, 7) is 1.45. The van der Waals surface area contributed by atoms with Crippen molar-refractivity contribution in [1.29, 1.82) is 0 Å². The van der Waals surface area contributed by atoms with Crippen LogP contribution in [0.2, 0.25) is 0 Å². The molecule has 0 spiro atoms. The second kappa shape index (κ2) is 7.94. The summed E-state index contributed by atoms with van der Waals surface area (Å²) in [6, 6.07) is 6.94. The molecular formula is C16H18BrNO5S. The molecule has 0 unspecified atom stereocenters. The smallest absolute Gasteiger partial charge is 0.331 e. The highest BCUT2D eigenvalue weighted by Crippen LogP contribution is 2.17. The number of sulfone groups is 1. The number of benzene rings is 1. The van der Waals surface area contributed by atoms with Gasteiger partial charge in [-0.1, -0.05) is 34.1 Å². The van der Waals surface area contributed by atoms with E-state index in [2.05, 4.69) is 21.2 Å². The summed E-state index contributed by atoms with van der Waals surface area (Å²) in [7, 11) is -3.07. The molecule has 0 radical (unpaired) electrons. The Morgan fingerprint density at radius 2 is 2.08 bits per heavy atom. The van der Waals surface area contributed by atoms with Gasteiger partial charge in [-0.05, 0) is 31.1 Å². The molecule has 8 heteroatoms. The van der Waals surface area contributed by atoms with Crippen molar-refractivity contribution in [2.45, 2.75) is 25.5 Å². The molecule has 1 amide bonds. The van der Waals surface area contributed by atoms with Gasteiger partial charge in [0.05, 0.1) is 11.5 Å². The molecule has 1 saturated heterocycles. The van der Waals surface area contributed by atoms with Crippen LogP contribution in [-0.2, 0) is 24.2 Å². The minimum atomic E-state index is -3.07. The van der Waals surface area contributed by atoms with Crippen molar-refractivity contribution >= 4 is 43.7 Å². The van der Waals surface area contributed by atoms with E-state index in [9.17, 15) is 18.0 Å². The topological polar surface area (TPSA) is 89.5 Å². The molecule has 0 aliphatic carbocycles. The molecule has 1 aliphatic heterocycles. The van der Waals surface area contributed by atoms with Crippen molar-refractivity contribution in [2.24, 2.45) is 0 Å². The predicted octanol–water partition coefficient (Wildman–Crippen LogP) is 1.70. The number of ether oxygens (including phenoxy) is 1. The van der Waals surface area contributed by atoms with Crippen molar-refractivity contribution < 1.29 is 22.7 Å². The quantitative estimate of drug-likeness (QED) is 0.583. The summed E-state index contributed by atoms with van der Waals surface area (Å²) in [5, 5.41) is 2.60. The van der Waals surface area contributed by atoms with Gasteiger partial charge in [0.25, 0.3) is 5.91 Å². The van der Waals surface area contributed by atoms with Gasteiger partial charge < -0.3 is 10.1 Å². The van der Waals surface area contributed by atoms with Crippen LogP contribution in [0.1, 0.15) is 18.9 Å². The number of hydrogen-bond donors (Lipinski definition) is 1. The van der Waals surface area contributed by atoms with Crippen molar-refractivity contribution in [3.05, 3.63) is 40.4 Å². The average molecular weight is 416 g/mol. The second-order valence-corrected chi connectivity index (χ2v) is 8.63. The molecule has 0 aromatic heterocycles. The van der Waals surface area contributed by atoms with Gasteiger partial charge >= 0.3 is 5.97 Å². The van der Waals surface area contributed by atoms with E-state index in [0.29, 0.717) is 6.42 Å². The Bertz CT molecular complexity index is 759. The standard InChI is InChI=1S/C16H18BrNO5S/c1-11(16(20)18-13-8-9-24(21,22)10-13)23-15(19)7-6-12-4-2-3-5-14(12)17/h2-7,11,13H,8-10H2,1H3,(H,18,20)/b7-6+/t11-,13-/m1/s1. The van der Waals surface area contributed by atoms with Crippen LogP contribution < -0.4 is 5.32 Å². The van der Waals surface area contributed by atoms with Crippen LogP contribution in [0.3, 0.4) is 0 Å². The third-order valence-corrected chi connectivity index (χ3v) is 6.04. The van der Waals surface area contributed by atoms with Crippen molar-refractivity contribution in [3.63, 3.8) is 0 Å². The summed E-state index contributed by atoms with van der Waals surface area (Å²) >= 11 is 3.36. The van der Waals surface area contributed by atoms with Crippen molar-refractivity contribution in [2.75, 3.05) is 11.5 Å². The highest BCUT2D eigenvalue weighted by atomic mass is 79.9. The van der Waals surface area contributed by atoms with Crippen LogP contribution in [-0.4, -0.2) is 43.9 Å². The van der Waals surface area contributed by atoms with E-state index < -0.39 is 33.9 Å². The Balaban J connectivity index is 1.85. The third kappa shape index (κ3) is 5.45. The Hall–Kier alpha value is -1.67. The largest absolute Gasteiger partial charge is 0.449 e. The normalized spacial score (nSPS) is 20.7. The number of nitrogens with one attached hydrogen (secondary N) is 1. The molecule has 130 valence electrons. The summed E-state index contributed by atoms with van der Waals surface area (Å²) < 4.78 is 28.6. The Labute approximate surface area is 149 Å². The van der Waals surface area contributed by atoms with Crippen molar-refractivity contribution in [1.82, 2.24) is 5.32 Å². The van der Waals surface area contributed by atoms with E-state index in [1.807, 2.05) is 24.3 Å². The average Bonchev–Trinajstić information content (AvgIpc) is 2.85. The van der Waals surface area contributed by atoms with Crippen LogP contribution in [0.5, 0.6) is 0 Å². The number of hydrogen-bond acceptors (Lipinski definition) is 5. The first kappa shape index (κ1) is 18.7. The Morgan fingerprint density at radius 1 is 1.38 bits per heavy atom. The summed E-state index contributed by atoms with van der Waals surface area (Å²) in [5.41, 5.74) is 0.808. The second-order valence-electron chi connectivity index (χ2n) is 5.54. The first-order valence-corrected chi connectivity index (χ1v) is 10.0. The van der Waals surface area contributed by atoms with E-state index in [0.717, 1.165) is 10.0 Å². The number of rotatable bonds is 5. The number of carbonyl (C=O) groups is 2. The van der Waals surface area contributed by atoms with Gasteiger partial charge in [-0.3, -0.25) is 4.79 Å². The van der Waals surface area contributed by atoms with Gasteiger partial charge in [0.2, 0.25) is 0 Å². The highest BCUT2D eigenvalue weighted by Gasteiger charge is 2.30. The van der Waals surface area contributed by atoms with Crippen molar-refractivity contribution in [3.8, 4) is 0 Å². The molecule has 1 aliphatic rings. The lowest BCUT2D eigenvalue weighted by atomic mass is 10.2. The zero-order chi connectivity index (χ0) is 17.7. The monoisotopic (exact) mass is 415 g/mol. The van der Waals surface area contributed by atoms with Crippen LogP contribution in [0.25, 0.3) is 6.08 Å². The molecule has 2 atom stereocenters. The maximum atomic E-state index is 12.0. The van der Waals surface area contributed by atoms with E-state index in [1.54, 1.807) is 6.08 Å². The molecule has 6 nitrogen and oxygen atoms in total. The van der Waals surface area contributed by atoms with E-state index >= 15 is 0 Å². The number of halogens is 1. The lowest BCUT2D eigenvalue weighted by molar-refractivity contribution is -0.150. The maximum Gasteiger partial charge on any atom is 0.331 e. The zero-order valence-electron chi connectivity index (χ0n) is 13.1. The van der Waals surface area contributed by atoms with Crippen LogP contribution >= 0.6 is 15.9 Å². The van der Waals surface area contributed by atoms with E-state index in [-0.39, 0.29) is 11.5 Å². The lowest BCUT2D eigenvalue weighted by Crippen LogP contribution is -2.42. The summed E-state index contributed by atoms with van der Waals surface area (Å²) in [6.07, 6.45) is 2.21. The fraction of sp³-hybridized carbons (Fsp3) is 0.375. The van der Waals surface area contributed by atoms with Crippen LogP contribution in [0.4, 0.5) is 0 Å². The minimum Gasteiger partial charge on any atom is -0.449 e. The molecule has 2 rings (SSSR count). The van der Waals surface area contributed by atoms with Crippen LogP contribution in [0, 0.1) is 0 Å². The van der Waals surface area contributed by atoms with Gasteiger partial charge in [-0.25, -0.2) is 13.2 Å².